The molecule has 2 N–H and O–H groups in total. The molecule has 0 atom stereocenters. The van der Waals surface area contributed by atoms with Crippen LogP contribution in [0.15, 0.2) is 61.1 Å². The molecule has 0 saturated heterocycles. The van der Waals surface area contributed by atoms with E-state index in [0.29, 0.717) is 11.4 Å². The van der Waals surface area contributed by atoms with Crippen LogP contribution < -0.4 is 10.6 Å². The highest BCUT2D eigenvalue weighted by molar-refractivity contribution is 6.03. The van der Waals surface area contributed by atoms with Gasteiger partial charge < -0.3 is 10.6 Å². The number of hydrogen-bond acceptors (Lipinski definition) is 4. The topological polar surface area (TPSA) is 66.9 Å². The average Bonchev–Trinajstić information content (AvgIpc) is 2.61. The average molecular weight is 318 g/mol. The fourth-order valence-electron chi connectivity index (χ4n) is 2.27. The Morgan fingerprint density at radius 2 is 1.88 bits per heavy atom. The molecule has 2 heterocycles. The third-order valence-corrected chi connectivity index (χ3v) is 3.81. The third-order valence-electron chi connectivity index (χ3n) is 3.81. The Morgan fingerprint density at radius 3 is 2.58 bits per heavy atom. The van der Waals surface area contributed by atoms with Gasteiger partial charge in [0.25, 0.3) is 5.91 Å². The van der Waals surface area contributed by atoms with Gasteiger partial charge in [-0.2, -0.15) is 0 Å². The molecule has 0 aliphatic rings. The van der Waals surface area contributed by atoms with E-state index in [1.807, 2.05) is 18.2 Å². The van der Waals surface area contributed by atoms with Crippen molar-refractivity contribution >= 4 is 23.1 Å². The summed E-state index contributed by atoms with van der Waals surface area (Å²) < 4.78 is 0. The van der Waals surface area contributed by atoms with Crippen molar-refractivity contribution < 1.29 is 4.79 Å². The minimum atomic E-state index is -0.231. The second kappa shape index (κ2) is 6.91. The van der Waals surface area contributed by atoms with Gasteiger partial charge in [-0.05, 0) is 55.3 Å². The lowest BCUT2D eigenvalue weighted by atomic mass is 10.1. The number of pyridine rings is 2. The first-order valence-corrected chi connectivity index (χ1v) is 7.64. The fourth-order valence-corrected chi connectivity index (χ4v) is 2.27. The van der Waals surface area contributed by atoms with E-state index in [1.165, 1.54) is 17.3 Å². The van der Waals surface area contributed by atoms with E-state index in [4.69, 9.17) is 0 Å². The second-order valence-electron chi connectivity index (χ2n) is 5.50. The summed E-state index contributed by atoms with van der Waals surface area (Å²) in [4.78, 5) is 20.3. The van der Waals surface area contributed by atoms with Crippen LogP contribution >= 0.6 is 0 Å². The van der Waals surface area contributed by atoms with Crippen LogP contribution in [0, 0.1) is 13.8 Å². The molecule has 3 aromatic rings. The molecule has 1 aromatic carbocycles. The van der Waals surface area contributed by atoms with Crippen molar-refractivity contribution in [1.29, 1.82) is 0 Å². The molecule has 2 aromatic heterocycles. The van der Waals surface area contributed by atoms with Crippen LogP contribution in [0.1, 0.15) is 21.5 Å². The molecule has 3 rings (SSSR count). The highest BCUT2D eigenvalue weighted by atomic mass is 16.1. The summed E-state index contributed by atoms with van der Waals surface area (Å²) >= 11 is 0. The number of nitrogens with zero attached hydrogens (tertiary/aromatic N) is 2. The first-order chi connectivity index (χ1) is 11.6. The Labute approximate surface area is 140 Å². The lowest BCUT2D eigenvalue weighted by Gasteiger charge is -2.11. The van der Waals surface area contributed by atoms with Crippen LogP contribution in [-0.4, -0.2) is 15.9 Å². The Bertz CT molecular complexity index is 845. The largest absolute Gasteiger partial charge is 0.354 e. The highest BCUT2D eigenvalue weighted by Crippen LogP contribution is 2.22. The van der Waals surface area contributed by atoms with Crippen LogP contribution in [0.3, 0.4) is 0 Å². The number of carbonyl (C=O) groups is 1. The molecule has 0 saturated carbocycles. The number of nitrogens with one attached hydrogen (secondary N) is 2. The number of benzene rings is 1. The van der Waals surface area contributed by atoms with Crippen molar-refractivity contribution in [2.24, 2.45) is 0 Å². The molecule has 5 heteroatoms. The third kappa shape index (κ3) is 3.57. The Kier molecular flexibility index (Phi) is 4.52. The van der Waals surface area contributed by atoms with E-state index in [-0.39, 0.29) is 5.91 Å². The van der Waals surface area contributed by atoms with E-state index in [1.54, 1.807) is 30.6 Å². The molecule has 0 bridgehead atoms. The molecular formula is C19H18N4O. The van der Waals surface area contributed by atoms with Crippen molar-refractivity contribution in [3.05, 3.63) is 77.7 Å². The van der Waals surface area contributed by atoms with E-state index in [9.17, 15) is 4.79 Å². The molecule has 0 unspecified atom stereocenters. The number of carbonyl (C=O) groups excluding carboxylic acids is 1. The number of rotatable bonds is 4. The summed E-state index contributed by atoms with van der Waals surface area (Å²) in [6.07, 6.45) is 4.84. The van der Waals surface area contributed by atoms with Gasteiger partial charge in [-0.15, -0.1) is 0 Å². The van der Waals surface area contributed by atoms with Crippen molar-refractivity contribution in [3.63, 3.8) is 0 Å². The number of amides is 1. The zero-order valence-corrected chi connectivity index (χ0v) is 13.6. The van der Waals surface area contributed by atoms with E-state index < -0.39 is 0 Å². The second-order valence-corrected chi connectivity index (χ2v) is 5.50. The summed E-state index contributed by atoms with van der Waals surface area (Å²) in [5.74, 6) is 0.265. The van der Waals surface area contributed by atoms with Gasteiger partial charge in [-0.25, -0.2) is 4.98 Å². The van der Waals surface area contributed by atoms with Gasteiger partial charge in [-0.3, -0.25) is 9.78 Å². The van der Waals surface area contributed by atoms with Gasteiger partial charge in [0.15, 0.2) is 0 Å². The maximum atomic E-state index is 12.1. The zero-order chi connectivity index (χ0) is 16.9. The minimum Gasteiger partial charge on any atom is -0.354 e. The maximum Gasteiger partial charge on any atom is 0.258 e. The number of anilines is 3. The van der Waals surface area contributed by atoms with Gasteiger partial charge in [-0.1, -0.05) is 12.1 Å². The molecule has 5 nitrogen and oxygen atoms in total. The highest BCUT2D eigenvalue weighted by Gasteiger charge is 2.07. The minimum absolute atomic E-state index is 0.231. The van der Waals surface area contributed by atoms with Crippen LogP contribution in [0.25, 0.3) is 0 Å². The fraction of sp³-hybridized carbons (Fsp3) is 0.105. The number of hydrogen-bond donors (Lipinski definition) is 2. The van der Waals surface area contributed by atoms with Crippen molar-refractivity contribution in [2.75, 3.05) is 10.6 Å². The first kappa shape index (κ1) is 15.7. The smallest absolute Gasteiger partial charge is 0.258 e. The summed E-state index contributed by atoms with van der Waals surface area (Å²) in [5.41, 5.74) is 4.84. The Balaban J connectivity index is 1.69. The molecule has 0 spiro atoms. The predicted octanol–water partition coefficient (Wildman–Crippen LogP) is 4.09. The summed E-state index contributed by atoms with van der Waals surface area (Å²) in [6, 6.07) is 13.2. The number of aryl methyl sites for hydroxylation is 1. The van der Waals surface area contributed by atoms with E-state index >= 15 is 0 Å². The summed E-state index contributed by atoms with van der Waals surface area (Å²) in [7, 11) is 0. The van der Waals surface area contributed by atoms with E-state index in [0.717, 1.165) is 11.4 Å². The monoisotopic (exact) mass is 318 g/mol. The van der Waals surface area contributed by atoms with Crippen LogP contribution in [-0.2, 0) is 0 Å². The molecule has 1 amide bonds. The molecule has 0 aliphatic carbocycles. The summed E-state index contributed by atoms with van der Waals surface area (Å²) in [5, 5.41) is 6.09. The molecule has 120 valence electrons. The molecule has 0 radical (unpaired) electrons. The SMILES string of the molecule is Cc1cccc(Nc2ccc(NC(=O)c3cccnc3)nc2)c1C. The van der Waals surface area contributed by atoms with Crippen molar-refractivity contribution in [3.8, 4) is 0 Å². The molecule has 24 heavy (non-hydrogen) atoms. The lowest BCUT2D eigenvalue weighted by molar-refractivity contribution is 0.102. The van der Waals surface area contributed by atoms with Gasteiger partial charge in [0.05, 0.1) is 17.4 Å². The van der Waals surface area contributed by atoms with Gasteiger partial charge in [0.1, 0.15) is 5.82 Å². The standard InChI is InChI=1S/C19H18N4O/c1-13-5-3-7-17(14(13)2)22-16-8-9-18(21-12-16)23-19(24)15-6-4-10-20-11-15/h3-12,22H,1-2H3,(H,21,23,24). The van der Waals surface area contributed by atoms with Gasteiger partial charge >= 0.3 is 0 Å². The first-order valence-electron chi connectivity index (χ1n) is 7.64. The molecule has 0 fully saturated rings. The van der Waals surface area contributed by atoms with Crippen LogP contribution in [0.4, 0.5) is 17.2 Å². The molecular weight excluding hydrogens is 300 g/mol. The van der Waals surface area contributed by atoms with Crippen molar-refractivity contribution in [1.82, 2.24) is 9.97 Å². The zero-order valence-electron chi connectivity index (χ0n) is 13.6. The Morgan fingerprint density at radius 1 is 1.00 bits per heavy atom. The Hall–Kier alpha value is -3.21. The van der Waals surface area contributed by atoms with Gasteiger partial charge in [0.2, 0.25) is 0 Å². The quantitative estimate of drug-likeness (QED) is 0.760. The van der Waals surface area contributed by atoms with Crippen LogP contribution in [0.2, 0.25) is 0 Å². The molecule has 0 aliphatic heterocycles. The maximum absolute atomic E-state index is 12.1. The van der Waals surface area contributed by atoms with E-state index in [2.05, 4.69) is 40.5 Å². The van der Waals surface area contributed by atoms with Crippen molar-refractivity contribution in [2.45, 2.75) is 13.8 Å². The number of aromatic nitrogens is 2. The van der Waals surface area contributed by atoms with Gasteiger partial charge in [0, 0.05) is 18.1 Å². The normalized spacial score (nSPS) is 10.2. The summed E-state index contributed by atoms with van der Waals surface area (Å²) in [6.45, 7) is 4.16. The predicted molar refractivity (Wildman–Crippen MR) is 95.6 cm³/mol. The van der Waals surface area contributed by atoms with Crippen LogP contribution in [0.5, 0.6) is 0 Å². The lowest BCUT2D eigenvalue weighted by Crippen LogP contribution is -2.13.